The van der Waals surface area contributed by atoms with E-state index in [-0.39, 0.29) is 12.1 Å². The van der Waals surface area contributed by atoms with Crippen LogP contribution < -0.4 is 5.32 Å². The smallest absolute Gasteiger partial charge is 0.170 e. The van der Waals surface area contributed by atoms with Gasteiger partial charge in [-0.1, -0.05) is 12.1 Å². The molecular formula is C18H15BrN4S2. The zero-order chi connectivity index (χ0) is 17.2. The molecule has 3 aromatic heterocycles. The van der Waals surface area contributed by atoms with Gasteiger partial charge in [0.15, 0.2) is 5.11 Å². The van der Waals surface area contributed by atoms with Crippen molar-refractivity contribution in [1.29, 1.82) is 0 Å². The molecule has 0 aromatic carbocycles. The van der Waals surface area contributed by atoms with Crippen molar-refractivity contribution in [3.05, 3.63) is 81.0 Å². The van der Waals surface area contributed by atoms with Crippen molar-refractivity contribution in [2.75, 3.05) is 0 Å². The zero-order valence-corrected chi connectivity index (χ0v) is 16.4. The van der Waals surface area contributed by atoms with Crippen molar-refractivity contribution in [2.24, 2.45) is 0 Å². The van der Waals surface area contributed by atoms with Gasteiger partial charge in [0.2, 0.25) is 0 Å². The highest BCUT2D eigenvalue weighted by atomic mass is 79.9. The van der Waals surface area contributed by atoms with E-state index in [0.717, 1.165) is 20.8 Å². The number of nitrogens with zero attached hydrogens (tertiary/aromatic N) is 3. The number of halogens is 1. The predicted octanol–water partition coefficient (Wildman–Crippen LogP) is 4.47. The Morgan fingerprint density at radius 2 is 2.16 bits per heavy atom. The fourth-order valence-corrected chi connectivity index (χ4v) is 4.95. The summed E-state index contributed by atoms with van der Waals surface area (Å²) in [6.07, 6.45) is 5.50. The molecule has 1 fully saturated rings. The molecule has 4 heterocycles. The molecule has 4 nitrogen and oxygen atoms in total. The standard InChI is InChI=1S/C18H15BrN4S2/c19-13-8-15(25-11-13)17-16(14-5-1-2-7-21-14)22-18(24)23(17)10-12-4-3-6-20-9-12/h1-9,11,16-17H,10H2,(H,22,24)/t16-,17+/m1/s1. The minimum atomic E-state index is 0.0240. The van der Waals surface area contributed by atoms with E-state index in [0.29, 0.717) is 6.54 Å². The molecule has 0 amide bonds. The Labute approximate surface area is 164 Å². The van der Waals surface area contributed by atoms with Crippen molar-refractivity contribution < 1.29 is 0 Å². The van der Waals surface area contributed by atoms with Gasteiger partial charge in [-0.15, -0.1) is 11.3 Å². The number of thiophene rings is 1. The second-order valence-electron chi connectivity index (χ2n) is 5.78. The van der Waals surface area contributed by atoms with Gasteiger partial charge in [0.1, 0.15) is 0 Å². The highest BCUT2D eigenvalue weighted by Gasteiger charge is 2.40. The molecule has 0 aliphatic carbocycles. The van der Waals surface area contributed by atoms with E-state index >= 15 is 0 Å². The van der Waals surface area contributed by atoms with E-state index in [4.69, 9.17) is 12.2 Å². The molecule has 3 aromatic rings. The predicted molar refractivity (Wildman–Crippen MR) is 107 cm³/mol. The molecule has 25 heavy (non-hydrogen) atoms. The van der Waals surface area contributed by atoms with E-state index in [1.807, 2.05) is 36.7 Å². The number of thiocarbonyl (C=S) groups is 1. The fraction of sp³-hybridized carbons (Fsp3) is 0.167. The molecule has 1 saturated heterocycles. The largest absolute Gasteiger partial charge is 0.352 e. The van der Waals surface area contributed by atoms with Crippen LogP contribution in [0.2, 0.25) is 0 Å². The summed E-state index contributed by atoms with van der Waals surface area (Å²) in [5, 5.41) is 6.31. The lowest BCUT2D eigenvalue weighted by Crippen LogP contribution is -2.28. The van der Waals surface area contributed by atoms with Crippen molar-refractivity contribution >= 4 is 44.6 Å². The molecule has 126 valence electrons. The Morgan fingerprint density at radius 1 is 1.24 bits per heavy atom. The summed E-state index contributed by atoms with van der Waals surface area (Å²) < 4.78 is 1.09. The summed E-state index contributed by atoms with van der Waals surface area (Å²) in [6, 6.07) is 12.3. The third kappa shape index (κ3) is 3.44. The molecule has 0 unspecified atom stereocenters. The monoisotopic (exact) mass is 430 g/mol. The highest BCUT2D eigenvalue weighted by molar-refractivity contribution is 9.10. The zero-order valence-electron chi connectivity index (χ0n) is 13.2. The third-order valence-corrected chi connectivity index (χ3v) is 6.27. The molecule has 0 radical (unpaired) electrons. The summed E-state index contributed by atoms with van der Waals surface area (Å²) in [5.74, 6) is 0. The van der Waals surface area contributed by atoms with Gasteiger partial charge in [0.25, 0.3) is 0 Å². The van der Waals surface area contributed by atoms with Crippen molar-refractivity contribution in [3.63, 3.8) is 0 Å². The van der Waals surface area contributed by atoms with Crippen molar-refractivity contribution in [1.82, 2.24) is 20.2 Å². The van der Waals surface area contributed by atoms with Crippen LogP contribution in [0.3, 0.4) is 0 Å². The lowest BCUT2D eigenvalue weighted by Gasteiger charge is -2.26. The third-order valence-electron chi connectivity index (χ3n) is 4.15. The molecule has 7 heteroatoms. The molecular weight excluding hydrogens is 416 g/mol. The van der Waals surface area contributed by atoms with Gasteiger partial charge in [0.05, 0.1) is 17.8 Å². The van der Waals surface area contributed by atoms with Crippen LogP contribution in [-0.4, -0.2) is 20.0 Å². The van der Waals surface area contributed by atoms with Crippen LogP contribution >= 0.6 is 39.5 Å². The number of nitrogens with one attached hydrogen (secondary N) is 1. The fourth-order valence-electron chi connectivity index (χ4n) is 3.06. The quantitative estimate of drug-likeness (QED) is 0.618. The van der Waals surface area contributed by atoms with Crippen LogP contribution in [0.1, 0.15) is 28.2 Å². The van der Waals surface area contributed by atoms with Crippen LogP contribution in [0.5, 0.6) is 0 Å². The van der Waals surface area contributed by atoms with Gasteiger partial charge in [-0.2, -0.15) is 0 Å². The van der Waals surface area contributed by atoms with Gasteiger partial charge in [-0.3, -0.25) is 9.97 Å². The Hall–Kier alpha value is -1.83. The molecule has 1 aliphatic rings. The van der Waals surface area contributed by atoms with Gasteiger partial charge in [-0.25, -0.2) is 0 Å². The molecule has 2 atom stereocenters. The second kappa shape index (κ2) is 7.19. The maximum absolute atomic E-state index is 5.66. The van der Waals surface area contributed by atoms with Crippen LogP contribution in [0.25, 0.3) is 0 Å². The second-order valence-corrected chi connectivity index (χ2v) is 8.03. The van der Waals surface area contributed by atoms with E-state index in [9.17, 15) is 0 Å². The summed E-state index contributed by atoms with van der Waals surface area (Å²) in [4.78, 5) is 12.2. The molecule has 1 aliphatic heterocycles. The minimum Gasteiger partial charge on any atom is -0.352 e. The Morgan fingerprint density at radius 3 is 2.84 bits per heavy atom. The molecule has 4 rings (SSSR count). The number of hydrogen-bond donors (Lipinski definition) is 1. The van der Waals surface area contributed by atoms with E-state index in [1.165, 1.54) is 4.88 Å². The van der Waals surface area contributed by atoms with Crippen molar-refractivity contribution in [2.45, 2.75) is 18.6 Å². The van der Waals surface area contributed by atoms with Crippen LogP contribution in [0.15, 0.2) is 64.8 Å². The molecule has 0 saturated carbocycles. The SMILES string of the molecule is S=C1N[C@H](c2ccccn2)[C@H](c2cc(Br)cs2)N1Cc1cccnc1. The van der Waals surface area contributed by atoms with Gasteiger partial charge < -0.3 is 10.2 Å². The first kappa shape index (κ1) is 16.6. The summed E-state index contributed by atoms with van der Waals surface area (Å²) in [7, 11) is 0. The van der Waals surface area contributed by atoms with Gasteiger partial charge in [0, 0.05) is 39.9 Å². The highest BCUT2D eigenvalue weighted by Crippen LogP contribution is 2.42. The van der Waals surface area contributed by atoms with E-state index in [2.05, 4.69) is 53.6 Å². The van der Waals surface area contributed by atoms with E-state index in [1.54, 1.807) is 17.5 Å². The van der Waals surface area contributed by atoms with Crippen LogP contribution in [-0.2, 0) is 6.54 Å². The van der Waals surface area contributed by atoms with Crippen LogP contribution in [0, 0.1) is 0 Å². The van der Waals surface area contributed by atoms with Crippen molar-refractivity contribution in [3.8, 4) is 0 Å². The van der Waals surface area contributed by atoms with Gasteiger partial charge >= 0.3 is 0 Å². The minimum absolute atomic E-state index is 0.0240. The normalized spacial score (nSPS) is 19.9. The van der Waals surface area contributed by atoms with E-state index < -0.39 is 0 Å². The average Bonchev–Trinajstić information content (AvgIpc) is 3.20. The summed E-state index contributed by atoms with van der Waals surface area (Å²) in [6.45, 7) is 0.712. The molecule has 0 bridgehead atoms. The average molecular weight is 431 g/mol. The summed E-state index contributed by atoms with van der Waals surface area (Å²) in [5.41, 5.74) is 2.13. The first-order valence-electron chi connectivity index (χ1n) is 7.83. The maximum atomic E-state index is 5.66. The first-order chi connectivity index (χ1) is 12.2. The number of rotatable bonds is 4. The Bertz CT molecular complexity index is 869. The maximum Gasteiger partial charge on any atom is 0.170 e. The van der Waals surface area contributed by atoms with Crippen LogP contribution in [0.4, 0.5) is 0 Å². The topological polar surface area (TPSA) is 41.1 Å². The summed E-state index contributed by atoms with van der Waals surface area (Å²) >= 11 is 11.0. The number of hydrogen-bond acceptors (Lipinski definition) is 4. The Kier molecular flexibility index (Phi) is 4.78. The lowest BCUT2D eigenvalue weighted by molar-refractivity contribution is 0.315. The number of aromatic nitrogens is 2. The molecule has 0 spiro atoms. The van der Waals surface area contributed by atoms with Gasteiger partial charge in [-0.05, 0) is 58.0 Å². The first-order valence-corrected chi connectivity index (χ1v) is 9.91. The lowest BCUT2D eigenvalue weighted by atomic mass is 10.0. The number of pyridine rings is 2. The molecule has 1 N–H and O–H groups in total. The Balaban J connectivity index is 1.72.